The molecule has 0 saturated carbocycles. The smallest absolute Gasteiger partial charge is 0.297 e. The molecule has 2 aliphatic rings. The fourth-order valence-electron chi connectivity index (χ4n) is 2.62. The fourth-order valence-corrected chi connectivity index (χ4v) is 3.49. The number of thiophene rings is 1. The van der Waals surface area contributed by atoms with Gasteiger partial charge in [0.25, 0.3) is 0 Å². The van der Waals surface area contributed by atoms with Crippen molar-refractivity contribution in [2.24, 2.45) is 11.8 Å². The van der Waals surface area contributed by atoms with Gasteiger partial charge in [0.2, 0.25) is 11.8 Å². The zero-order valence-corrected chi connectivity index (χ0v) is 10.7. The van der Waals surface area contributed by atoms with Gasteiger partial charge < -0.3 is 0 Å². The number of amides is 2. The molecule has 0 aromatic carbocycles. The summed E-state index contributed by atoms with van der Waals surface area (Å²) in [6, 6.07) is 3.20. The van der Waals surface area contributed by atoms with Gasteiger partial charge in [0, 0.05) is 30.6 Å². The zero-order valence-electron chi connectivity index (χ0n) is 9.87. The molecule has 0 aliphatic carbocycles. The molecular formula is C11H11N3O4S. The molecule has 2 atom stereocenters. The summed E-state index contributed by atoms with van der Waals surface area (Å²) in [6.45, 7) is 1.62. The zero-order chi connectivity index (χ0) is 13.6. The summed E-state index contributed by atoms with van der Waals surface area (Å²) in [5, 5.41) is 13.0. The minimum atomic E-state index is -0.413. The summed E-state index contributed by atoms with van der Waals surface area (Å²) in [5.41, 5.74) is 0. The number of likely N-dealkylation sites (tertiary alicyclic amines) is 1. The molecule has 7 nitrogen and oxygen atoms in total. The Balaban J connectivity index is 1.67. The Morgan fingerprint density at radius 1 is 1.32 bits per heavy atom. The molecule has 2 aliphatic heterocycles. The van der Waals surface area contributed by atoms with E-state index >= 15 is 0 Å². The second kappa shape index (κ2) is 4.39. The number of nitrogens with one attached hydrogen (secondary N) is 1. The van der Waals surface area contributed by atoms with Crippen molar-refractivity contribution < 1.29 is 14.5 Å². The highest BCUT2D eigenvalue weighted by molar-refractivity contribution is 7.15. The molecule has 3 rings (SSSR count). The molecule has 0 bridgehead atoms. The van der Waals surface area contributed by atoms with Gasteiger partial charge in [0.05, 0.1) is 16.8 Å². The minimum absolute atomic E-state index is 0.114. The number of nitro groups is 1. The molecule has 2 amide bonds. The van der Waals surface area contributed by atoms with E-state index in [-0.39, 0.29) is 28.7 Å². The number of carbonyl (C=O) groups excluding carboxylic acids is 2. The predicted octanol–water partition coefficient (Wildman–Crippen LogP) is 0.361. The summed E-state index contributed by atoms with van der Waals surface area (Å²) in [6.07, 6.45) is 0. The second-order valence-corrected chi connectivity index (χ2v) is 5.90. The molecule has 0 radical (unpaired) electrons. The number of fused-ring (bicyclic) bond motifs is 1. The molecule has 1 N–H and O–H groups in total. The Kier molecular flexibility index (Phi) is 2.83. The third-order valence-corrected chi connectivity index (χ3v) is 4.54. The fraction of sp³-hybridized carbons (Fsp3) is 0.455. The van der Waals surface area contributed by atoms with Gasteiger partial charge in [-0.2, -0.15) is 0 Å². The van der Waals surface area contributed by atoms with Crippen LogP contribution in [0.5, 0.6) is 0 Å². The van der Waals surface area contributed by atoms with E-state index < -0.39 is 4.92 Å². The van der Waals surface area contributed by atoms with E-state index in [1.54, 1.807) is 6.07 Å². The lowest BCUT2D eigenvalue weighted by Gasteiger charge is -2.14. The Morgan fingerprint density at radius 2 is 1.95 bits per heavy atom. The molecule has 100 valence electrons. The SMILES string of the molecule is O=C1NC(=O)[C@@H]2CN(Cc3ccc([N+](=O)[O-])s3)C[C@H]12. The summed E-state index contributed by atoms with van der Waals surface area (Å²) < 4.78 is 0. The number of carbonyl (C=O) groups is 2. The Bertz CT molecular complexity index is 548. The third-order valence-electron chi connectivity index (χ3n) is 3.52. The second-order valence-electron chi connectivity index (χ2n) is 4.76. The molecule has 1 aromatic rings. The monoisotopic (exact) mass is 281 g/mol. The van der Waals surface area contributed by atoms with E-state index in [0.29, 0.717) is 19.6 Å². The van der Waals surface area contributed by atoms with Gasteiger partial charge in [0.1, 0.15) is 0 Å². The van der Waals surface area contributed by atoms with Crippen molar-refractivity contribution in [1.29, 1.82) is 0 Å². The summed E-state index contributed by atoms with van der Waals surface area (Å²) in [7, 11) is 0. The molecule has 2 saturated heterocycles. The minimum Gasteiger partial charge on any atom is -0.297 e. The Hall–Kier alpha value is -1.80. The van der Waals surface area contributed by atoms with Crippen LogP contribution in [-0.4, -0.2) is 34.7 Å². The topological polar surface area (TPSA) is 92.6 Å². The van der Waals surface area contributed by atoms with Crippen LogP contribution in [0.2, 0.25) is 0 Å². The highest BCUT2D eigenvalue weighted by atomic mass is 32.1. The molecule has 19 heavy (non-hydrogen) atoms. The first kappa shape index (κ1) is 12.2. The van der Waals surface area contributed by atoms with Gasteiger partial charge in [-0.1, -0.05) is 11.3 Å². The molecule has 2 fully saturated rings. The largest absolute Gasteiger partial charge is 0.324 e. The van der Waals surface area contributed by atoms with Crippen LogP contribution < -0.4 is 5.32 Å². The average Bonchev–Trinajstić information content (AvgIpc) is 3.00. The quantitative estimate of drug-likeness (QED) is 0.490. The van der Waals surface area contributed by atoms with E-state index in [4.69, 9.17) is 0 Å². The van der Waals surface area contributed by atoms with Gasteiger partial charge in [-0.05, 0) is 6.07 Å². The first-order valence-corrected chi connectivity index (χ1v) is 6.66. The lowest BCUT2D eigenvalue weighted by Crippen LogP contribution is -2.31. The lowest BCUT2D eigenvalue weighted by molar-refractivity contribution is -0.380. The van der Waals surface area contributed by atoms with Crippen molar-refractivity contribution in [2.75, 3.05) is 13.1 Å². The predicted molar refractivity (Wildman–Crippen MR) is 66.4 cm³/mol. The van der Waals surface area contributed by atoms with E-state index in [2.05, 4.69) is 5.32 Å². The van der Waals surface area contributed by atoms with Crippen molar-refractivity contribution in [2.45, 2.75) is 6.54 Å². The summed E-state index contributed by atoms with van der Waals surface area (Å²) in [4.78, 5) is 36.1. The highest BCUT2D eigenvalue weighted by Crippen LogP contribution is 2.31. The number of nitrogens with zero attached hydrogens (tertiary/aromatic N) is 2. The van der Waals surface area contributed by atoms with Crippen LogP contribution in [0.1, 0.15) is 4.88 Å². The van der Waals surface area contributed by atoms with Gasteiger partial charge >= 0.3 is 5.00 Å². The average molecular weight is 281 g/mol. The lowest BCUT2D eigenvalue weighted by atomic mass is 10.00. The Labute approximate surface area is 112 Å². The molecule has 0 spiro atoms. The van der Waals surface area contributed by atoms with Crippen LogP contribution in [0.4, 0.5) is 5.00 Å². The first-order chi connectivity index (χ1) is 9.04. The van der Waals surface area contributed by atoms with Crippen LogP contribution in [0.25, 0.3) is 0 Å². The van der Waals surface area contributed by atoms with Gasteiger partial charge in [-0.15, -0.1) is 0 Å². The van der Waals surface area contributed by atoms with Gasteiger partial charge in [0.15, 0.2) is 0 Å². The molecule has 1 aromatic heterocycles. The third kappa shape index (κ3) is 2.13. The van der Waals surface area contributed by atoms with E-state index in [1.165, 1.54) is 6.07 Å². The van der Waals surface area contributed by atoms with Crippen LogP contribution in [-0.2, 0) is 16.1 Å². The highest BCUT2D eigenvalue weighted by Gasteiger charge is 2.47. The van der Waals surface area contributed by atoms with Crippen molar-refractivity contribution in [1.82, 2.24) is 10.2 Å². The van der Waals surface area contributed by atoms with Crippen molar-refractivity contribution >= 4 is 28.2 Å². The van der Waals surface area contributed by atoms with E-state index in [1.807, 2.05) is 4.90 Å². The van der Waals surface area contributed by atoms with Crippen LogP contribution in [0, 0.1) is 22.0 Å². The number of hydrogen-bond acceptors (Lipinski definition) is 6. The van der Waals surface area contributed by atoms with E-state index in [0.717, 1.165) is 16.2 Å². The standard InChI is InChI=1S/C11H11N3O4S/c15-10-7-4-13(5-8(7)11(16)12-10)3-6-1-2-9(19-6)14(17)18/h1-2,7-8H,3-5H2,(H,12,15,16)/t7-,8+. The van der Waals surface area contributed by atoms with Crippen molar-refractivity contribution in [3.8, 4) is 0 Å². The van der Waals surface area contributed by atoms with E-state index in [9.17, 15) is 19.7 Å². The molecule has 3 heterocycles. The molecule has 0 unspecified atom stereocenters. The van der Waals surface area contributed by atoms with Crippen molar-refractivity contribution in [3.63, 3.8) is 0 Å². The molecular weight excluding hydrogens is 270 g/mol. The normalized spacial score (nSPS) is 26.5. The number of rotatable bonds is 3. The number of imide groups is 1. The summed E-state index contributed by atoms with van der Waals surface area (Å²) >= 11 is 1.13. The summed E-state index contributed by atoms with van der Waals surface area (Å²) in [5.74, 6) is -0.922. The number of hydrogen-bond donors (Lipinski definition) is 1. The maximum absolute atomic E-state index is 11.5. The maximum Gasteiger partial charge on any atom is 0.324 e. The molecule has 8 heteroatoms. The van der Waals surface area contributed by atoms with Crippen molar-refractivity contribution in [3.05, 3.63) is 27.1 Å². The Morgan fingerprint density at radius 3 is 2.47 bits per heavy atom. The van der Waals surface area contributed by atoms with Crippen LogP contribution >= 0.6 is 11.3 Å². The first-order valence-electron chi connectivity index (χ1n) is 5.85. The maximum atomic E-state index is 11.5. The van der Waals surface area contributed by atoms with Gasteiger partial charge in [-0.3, -0.25) is 29.9 Å². The van der Waals surface area contributed by atoms with Crippen LogP contribution in [0.15, 0.2) is 12.1 Å². The van der Waals surface area contributed by atoms with Gasteiger partial charge in [-0.25, -0.2) is 0 Å². The van der Waals surface area contributed by atoms with Crippen LogP contribution in [0.3, 0.4) is 0 Å².